The van der Waals surface area contributed by atoms with E-state index in [1.54, 1.807) is 26.2 Å². The van der Waals surface area contributed by atoms with Crippen LogP contribution in [0, 0.1) is 0 Å². The van der Waals surface area contributed by atoms with Gasteiger partial charge in [-0.15, -0.1) is 0 Å². The maximum absolute atomic E-state index is 11.8. The van der Waals surface area contributed by atoms with E-state index in [0.29, 0.717) is 24.4 Å². The van der Waals surface area contributed by atoms with Gasteiger partial charge in [-0.1, -0.05) is 12.1 Å². The van der Waals surface area contributed by atoms with E-state index in [0.717, 1.165) is 18.4 Å². The predicted octanol–water partition coefficient (Wildman–Crippen LogP) is 0.716. The van der Waals surface area contributed by atoms with E-state index in [9.17, 15) is 14.4 Å². The molecule has 0 aromatic heterocycles. The number of aryl methyl sites for hydroxylation is 1. The molecule has 0 aliphatic heterocycles. The topological polar surface area (TPSA) is 78.5 Å². The van der Waals surface area contributed by atoms with Crippen LogP contribution in [0.4, 0.5) is 0 Å². The van der Waals surface area contributed by atoms with Gasteiger partial charge in [0.05, 0.1) is 6.54 Å². The van der Waals surface area contributed by atoms with Crippen molar-refractivity contribution in [2.45, 2.75) is 31.7 Å². The number of nitrogens with zero attached hydrogens (tertiary/aromatic N) is 1. The van der Waals surface area contributed by atoms with Crippen LogP contribution in [0.2, 0.25) is 0 Å². The molecule has 2 N–H and O–H groups in total. The summed E-state index contributed by atoms with van der Waals surface area (Å²) in [7, 11) is 3.42. The summed E-state index contributed by atoms with van der Waals surface area (Å²) in [4.78, 5) is 36.5. The van der Waals surface area contributed by atoms with Gasteiger partial charge in [0.25, 0.3) is 5.91 Å². The van der Waals surface area contributed by atoms with Crippen molar-refractivity contribution in [3.05, 3.63) is 35.4 Å². The van der Waals surface area contributed by atoms with Gasteiger partial charge >= 0.3 is 0 Å². The zero-order chi connectivity index (χ0) is 16.8. The summed E-state index contributed by atoms with van der Waals surface area (Å²) in [6.45, 7) is 0.0333. The van der Waals surface area contributed by atoms with Crippen LogP contribution in [-0.4, -0.2) is 49.3 Å². The van der Waals surface area contributed by atoms with Crippen molar-refractivity contribution in [2.24, 2.45) is 0 Å². The Morgan fingerprint density at radius 2 is 1.74 bits per heavy atom. The highest BCUT2D eigenvalue weighted by molar-refractivity contribution is 5.93. The van der Waals surface area contributed by atoms with Crippen molar-refractivity contribution in [1.29, 1.82) is 0 Å². The van der Waals surface area contributed by atoms with Crippen molar-refractivity contribution in [2.75, 3.05) is 20.6 Å². The Labute approximate surface area is 136 Å². The molecule has 2 rings (SSSR count). The smallest absolute Gasteiger partial charge is 0.253 e. The van der Waals surface area contributed by atoms with Gasteiger partial charge in [-0.2, -0.15) is 0 Å². The SMILES string of the molecule is CN(C)C(=O)c1ccc(CCC(=O)NCC(=O)NC2CC2)cc1. The van der Waals surface area contributed by atoms with E-state index in [1.807, 2.05) is 12.1 Å². The lowest BCUT2D eigenvalue weighted by atomic mass is 10.1. The Morgan fingerprint density at radius 3 is 2.30 bits per heavy atom. The number of carbonyl (C=O) groups excluding carboxylic acids is 3. The second kappa shape index (κ2) is 7.76. The fourth-order valence-corrected chi connectivity index (χ4v) is 2.10. The molecule has 1 aliphatic carbocycles. The minimum Gasteiger partial charge on any atom is -0.352 e. The van der Waals surface area contributed by atoms with E-state index >= 15 is 0 Å². The molecule has 0 radical (unpaired) electrons. The summed E-state index contributed by atoms with van der Waals surface area (Å²) < 4.78 is 0. The van der Waals surface area contributed by atoms with Crippen LogP contribution in [-0.2, 0) is 16.0 Å². The molecule has 0 heterocycles. The van der Waals surface area contributed by atoms with E-state index in [4.69, 9.17) is 0 Å². The lowest BCUT2D eigenvalue weighted by molar-refractivity contribution is -0.126. The first kappa shape index (κ1) is 17.0. The highest BCUT2D eigenvalue weighted by Crippen LogP contribution is 2.18. The largest absolute Gasteiger partial charge is 0.352 e. The fraction of sp³-hybridized carbons (Fsp3) is 0.471. The zero-order valence-corrected chi connectivity index (χ0v) is 13.6. The predicted molar refractivity (Wildman–Crippen MR) is 87.0 cm³/mol. The van der Waals surface area contributed by atoms with E-state index in [-0.39, 0.29) is 24.3 Å². The number of nitrogens with one attached hydrogen (secondary N) is 2. The Balaban J connectivity index is 1.71. The normalized spacial score (nSPS) is 13.3. The summed E-state index contributed by atoms with van der Waals surface area (Å²) in [5.74, 6) is -0.326. The van der Waals surface area contributed by atoms with Crippen LogP contribution in [0.15, 0.2) is 24.3 Å². The maximum Gasteiger partial charge on any atom is 0.253 e. The molecule has 0 unspecified atom stereocenters. The Morgan fingerprint density at radius 1 is 1.09 bits per heavy atom. The number of benzene rings is 1. The summed E-state index contributed by atoms with van der Waals surface area (Å²) in [5.41, 5.74) is 1.61. The molecule has 0 saturated heterocycles. The van der Waals surface area contributed by atoms with Crippen LogP contribution in [0.5, 0.6) is 0 Å². The van der Waals surface area contributed by atoms with Gasteiger partial charge in [-0.25, -0.2) is 0 Å². The average molecular weight is 317 g/mol. The summed E-state index contributed by atoms with van der Waals surface area (Å²) in [6, 6.07) is 7.54. The second-order valence-corrected chi connectivity index (χ2v) is 6.02. The number of rotatable bonds is 7. The van der Waals surface area contributed by atoms with Crippen LogP contribution >= 0.6 is 0 Å². The summed E-state index contributed by atoms with van der Waals surface area (Å²) in [6.07, 6.45) is 2.96. The molecular formula is C17H23N3O3. The van der Waals surface area contributed by atoms with Crippen LogP contribution in [0.25, 0.3) is 0 Å². The molecular weight excluding hydrogens is 294 g/mol. The minimum absolute atomic E-state index is 0.0333. The third-order valence-electron chi connectivity index (χ3n) is 3.64. The molecule has 1 aromatic carbocycles. The van der Waals surface area contributed by atoms with Gasteiger partial charge in [0.2, 0.25) is 11.8 Å². The Kier molecular flexibility index (Phi) is 5.73. The first-order valence-electron chi connectivity index (χ1n) is 7.82. The lowest BCUT2D eigenvalue weighted by Crippen LogP contribution is -2.37. The molecule has 1 aromatic rings. The van der Waals surface area contributed by atoms with E-state index in [2.05, 4.69) is 10.6 Å². The molecule has 1 aliphatic rings. The van der Waals surface area contributed by atoms with Gasteiger partial charge in [0, 0.05) is 32.1 Å². The van der Waals surface area contributed by atoms with Gasteiger partial charge in [-0.3, -0.25) is 14.4 Å². The quantitative estimate of drug-likeness (QED) is 0.777. The van der Waals surface area contributed by atoms with Crippen molar-refractivity contribution in [3.63, 3.8) is 0 Å². The fourth-order valence-electron chi connectivity index (χ4n) is 2.10. The Hall–Kier alpha value is -2.37. The average Bonchev–Trinajstić information content (AvgIpc) is 3.34. The van der Waals surface area contributed by atoms with E-state index < -0.39 is 0 Å². The number of hydrogen-bond donors (Lipinski definition) is 2. The number of hydrogen-bond acceptors (Lipinski definition) is 3. The van der Waals surface area contributed by atoms with E-state index in [1.165, 1.54) is 4.90 Å². The monoisotopic (exact) mass is 317 g/mol. The summed E-state index contributed by atoms with van der Waals surface area (Å²) >= 11 is 0. The molecule has 6 heteroatoms. The second-order valence-electron chi connectivity index (χ2n) is 6.02. The van der Waals surface area contributed by atoms with Gasteiger partial charge < -0.3 is 15.5 Å². The molecule has 124 valence electrons. The first-order valence-corrected chi connectivity index (χ1v) is 7.82. The lowest BCUT2D eigenvalue weighted by Gasteiger charge is -2.10. The third-order valence-corrected chi connectivity index (χ3v) is 3.64. The zero-order valence-electron chi connectivity index (χ0n) is 13.6. The van der Waals surface area contributed by atoms with Crippen LogP contribution in [0.1, 0.15) is 35.2 Å². The first-order chi connectivity index (χ1) is 11.0. The maximum atomic E-state index is 11.8. The molecule has 23 heavy (non-hydrogen) atoms. The van der Waals surface area contributed by atoms with Crippen LogP contribution in [0.3, 0.4) is 0 Å². The Bertz CT molecular complexity index is 577. The van der Waals surface area contributed by atoms with Crippen molar-refractivity contribution in [1.82, 2.24) is 15.5 Å². The van der Waals surface area contributed by atoms with Gasteiger partial charge in [0.1, 0.15) is 0 Å². The standard InChI is InChI=1S/C17H23N3O3/c1-20(2)17(23)13-6-3-12(4-7-13)5-10-15(21)18-11-16(22)19-14-8-9-14/h3-4,6-7,14H,5,8-11H2,1-2H3,(H,18,21)(H,19,22). The molecule has 0 bridgehead atoms. The highest BCUT2D eigenvalue weighted by atomic mass is 16.2. The van der Waals surface area contributed by atoms with Crippen molar-refractivity contribution < 1.29 is 14.4 Å². The third kappa shape index (κ3) is 5.73. The highest BCUT2D eigenvalue weighted by Gasteiger charge is 2.23. The molecule has 1 saturated carbocycles. The van der Waals surface area contributed by atoms with Crippen molar-refractivity contribution in [3.8, 4) is 0 Å². The molecule has 3 amide bonds. The molecule has 0 atom stereocenters. The molecule has 1 fully saturated rings. The minimum atomic E-state index is -0.149. The van der Waals surface area contributed by atoms with Crippen molar-refractivity contribution >= 4 is 17.7 Å². The van der Waals surface area contributed by atoms with Gasteiger partial charge in [0.15, 0.2) is 0 Å². The van der Waals surface area contributed by atoms with Crippen LogP contribution < -0.4 is 10.6 Å². The number of amides is 3. The molecule has 0 spiro atoms. The summed E-state index contributed by atoms with van der Waals surface area (Å²) in [5, 5.41) is 5.44. The van der Waals surface area contributed by atoms with Gasteiger partial charge in [-0.05, 0) is 37.0 Å². The molecule has 6 nitrogen and oxygen atoms in total. The number of carbonyl (C=O) groups is 3.